The molecular weight excluding hydrogens is 480 g/mol. The molecule has 2 fully saturated rings. The lowest BCUT2D eigenvalue weighted by Crippen LogP contribution is -2.74. The highest BCUT2D eigenvalue weighted by atomic mass is 35.5. The Morgan fingerprint density at radius 2 is 1.89 bits per heavy atom. The van der Waals surface area contributed by atoms with Gasteiger partial charge in [-0.2, -0.15) is 0 Å². The number of aliphatic hydroxyl groups excluding tert-OH is 1. The van der Waals surface area contributed by atoms with Crippen LogP contribution in [-0.2, 0) is 25.6 Å². The fourth-order valence-corrected chi connectivity index (χ4v) is 6.10. The zero-order valence-corrected chi connectivity index (χ0v) is 19.8. The van der Waals surface area contributed by atoms with Gasteiger partial charge in [-0.05, 0) is 56.1 Å². The number of primary amides is 1. The molecule has 3 aliphatic carbocycles. The maximum absolute atomic E-state index is 13.7. The van der Waals surface area contributed by atoms with Crippen LogP contribution >= 0.6 is 11.6 Å². The Labute approximate surface area is 205 Å². The Kier molecular flexibility index (Phi) is 6.21. The second-order valence-corrected chi connectivity index (χ2v) is 10.1. The molecule has 5 N–H and O–H groups in total. The number of nitrogens with two attached hydrogens (primary N) is 1. The van der Waals surface area contributed by atoms with Crippen LogP contribution in [0.5, 0.6) is 5.75 Å². The molecule has 0 heterocycles. The Balaban J connectivity index is 1.88. The first kappa shape index (κ1) is 25.2. The Morgan fingerprint density at radius 3 is 2.46 bits per heavy atom. The standard InChI is InChI=1S/C24H25ClN2O8/c1-27(2)18-13-7-10-6-12-9(5-11(25)8-28)3-4-14(29)16(12)19(30)15(10)21(32)24(13,35)22(33)17(20(18)31)23(26)34/h3-5,10,13,15,17-18,28-29,35H,6-8H2,1-2H3,(H2,26,34)/b11-5-/t10-,13-,15?,17?,18-,24-/m0/s1. The van der Waals surface area contributed by atoms with Gasteiger partial charge in [0.15, 0.2) is 34.7 Å². The number of carbonyl (C=O) groups excluding carboxylic acids is 5. The lowest BCUT2D eigenvalue weighted by molar-refractivity contribution is -0.181. The number of likely N-dealkylation sites (N-methyl/N-ethyl adjacent to an activating group) is 1. The molecule has 2 unspecified atom stereocenters. The molecule has 186 valence electrons. The summed E-state index contributed by atoms with van der Waals surface area (Å²) in [5.41, 5.74) is 3.27. The molecule has 1 aromatic rings. The maximum Gasteiger partial charge on any atom is 0.235 e. The van der Waals surface area contributed by atoms with Crippen molar-refractivity contribution in [1.29, 1.82) is 0 Å². The van der Waals surface area contributed by atoms with Crippen LogP contribution in [0.2, 0.25) is 0 Å². The lowest BCUT2D eigenvalue weighted by atomic mass is 9.52. The number of nitrogens with zero attached hydrogens (tertiary/aromatic N) is 1. The van der Waals surface area contributed by atoms with Crippen molar-refractivity contribution in [2.75, 3.05) is 20.7 Å². The fourth-order valence-electron chi connectivity index (χ4n) is 5.98. The molecule has 0 aliphatic heterocycles. The van der Waals surface area contributed by atoms with Gasteiger partial charge in [0.1, 0.15) is 5.75 Å². The molecule has 35 heavy (non-hydrogen) atoms. The summed E-state index contributed by atoms with van der Waals surface area (Å²) < 4.78 is 0. The number of Topliss-reactive ketones (excluding diaryl/α,β-unsaturated/α-hetero) is 4. The number of aliphatic hydroxyl groups is 2. The van der Waals surface area contributed by atoms with E-state index in [2.05, 4.69) is 0 Å². The number of benzene rings is 1. The first-order valence-corrected chi connectivity index (χ1v) is 11.4. The van der Waals surface area contributed by atoms with Crippen molar-refractivity contribution in [1.82, 2.24) is 4.90 Å². The number of phenols is 1. The maximum atomic E-state index is 13.7. The Bertz CT molecular complexity index is 1210. The second-order valence-electron chi connectivity index (χ2n) is 9.57. The van der Waals surface area contributed by atoms with E-state index in [-0.39, 0.29) is 29.2 Å². The van der Waals surface area contributed by atoms with Crippen LogP contribution in [-0.4, -0.2) is 81.6 Å². The number of phenolic OH excluding ortho intramolecular Hbond substituents is 1. The van der Waals surface area contributed by atoms with Gasteiger partial charge in [-0.3, -0.25) is 28.9 Å². The van der Waals surface area contributed by atoms with Crippen molar-refractivity contribution in [2.45, 2.75) is 24.5 Å². The molecule has 11 heteroatoms. The van der Waals surface area contributed by atoms with E-state index in [0.29, 0.717) is 11.1 Å². The van der Waals surface area contributed by atoms with Gasteiger partial charge < -0.3 is 21.1 Å². The largest absolute Gasteiger partial charge is 0.507 e. The highest BCUT2D eigenvalue weighted by Crippen LogP contribution is 2.51. The minimum absolute atomic E-state index is 0.0452. The van der Waals surface area contributed by atoms with Crippen LogP contribution in [0.15, 0.2) is 17.2 Å². The minimum atomic E-state index is -2.76. The van der Waals surface area contributed by atoms with Crippen molar-refractivity contribution >= 4 is 46.7 Å². The quantitative estimate of drug-likeness (QED) is 0.391. The predicted octanol–water partition coefficient (Wildman–Crippen LogP) is -0.561. The molecule has 3 aliphatic rings. The van der Waals surface area contributed by atoms with Crippen LogP contribution in [0.25, 0.3) is 6.08 Å². The van der Waals surface area contributed by atoms with Crippen LogP contribution in [0, 0.1) is 23.7 Å². The Morgan fingerprint density at radius 1 is 1.23 bits per heavy atom. The fraction of sp³-hybridized carbons (Fsp3) is 0.458. The molecule has 0 bridgehead atoms. The number of amides is 1. The molecule has 1 amide bonds. The van der Waals surface area contributed by atoms with Gasteiger partial charge in [-0.25, -0.2) is 0 Å². The topological polar surface area (TPSA) is 175 Å². The van der Waals surface area contributed by atoms with E-state index >= 15 is 0 Å². The van der Waals surface area contributed by atoms with E-state index in [9.17, 15) is 39.3 Å². The molecular formula is C24H25ClN2O8. The number of ketones is 4. The van der Waals surface area contributed by atoms with Crippen LogP contribution in [0.1, 0.15) is 27.9 Å². The number of aromatic hydroxyl groups is 1. The molecule has 1 aromatic carbocycles. The van der Waals surface area contributed by atoms with Crippen molar-refractivity contribution in [3.05, 3.63) is 33.9 Å². The lowest BCUT2D eigenvalue weighted by Gasteiger charge is -2.52. The summed E-state index contributed by atoms with van der Waals surface area (Å²) in [6.07, 6.45) is 1.51. The van der Waals surface area contributed by atoms with Crippen molar-refractivity contribution < 1.29 is 39.3 Å². The highest BCUT2D eigenvalue weighted by Gasteiger charge is 2.69. The summed E-state index contributed by atoms with van der Waals surface area (Å²) >= 11 is 5.97. The summed E-state index contributed by atoms with van der Waals surface area (Å²) in [7, 11) is 3.04. The zero-order valence-electron chi connectivity index (χ0n) is 19.0. The minimum Gasteiger partial charge on any atom is -0.507 e. The van der Waals surface area contributed by atoms with E-state index in [1.165, 1.54) is 37.2 Å². The van der Waals surface area contributed by atoms with Crippen molar-refractivity contribution in [2.24, 2.45) is 29.4 Å². The van der Waals surface area contributed by atoms with Crippen molar-refractivity contribution in [3.8, 4) is 5.75 Å². The number of fused-ring (bicyclic) bond motifs is 3. The number of hydrogen-bond donors (Lipinski definition) is 4. The molecule has 0 aromatic heterocycles. The average Bonchev–Trinajstić information content (AvgIpc) is 2.77. The number of carbonyl (C=O) groups is 5. The monoisotopic (exact) mass is 504 g/mol. The molecule has 0 spiro atoms. The normalized spacial score (nSPS) is 32.9. The first-order valence-electron chi connectivity index (χ1n) is 11.0. The van der Waals surface area contributed by atoms with Crippen LogP contribution < -0.4 is 5.73 Å². The third-order valence-electron chi connectivity index (χ3n) is 7.44. The molecule has 0 radical (unpaired) electrons. The molecule has 2 saturated carbocycles. The second kappa shape index (κ2) is 8.63. The van der Waals surface area contributed by atoms with E-state index in [1.54, 1.807) is 0 Å². The summed E-state index contributed by atoms with van der Waals surface area (Å²) in [5, 5.41) is 31.3. The number of hydrogen-bond acceptors (Lipinski definition) is 9. The van der Waals surface area contributed by atoms with E-state index in [1.807, 2.05) is 0 Å². The van der Waals surface area contributed by atoms with Gasteiger partial charge in [0, 0.05) is 11.0 Å². The smallest absolute Gasteiger partial charge is 0.235 e. The zero-order chi connectivity index (χ0) is 26.0. The predicted molar refractivity (Wildman–Crippen MR) is 122 cm³/mol. The average molecular weight is 505 g/mol. The molecule has 0 saturated heterocycles. The van der Waals surface area contributed by atoms with Crippen molar-refractivity contribution in [3.63, 3.8) is 0 Å². The number of rotatable bonds is 4. The van der Waals surface area contributed by atoms with Gasteiger partial charge >= 0.3 is 0 Å². The van der Waals surface area contributed by atoms with Gasteiger partial charge in [0.25, 0.3) is 0 Å². The first-order chi connectivity index (χ1) is 16.4. The van der Waals surface area contributed by atoms with E-state index in [4.69, 9.17) is 17.3 Å². The van der Waals surface area contributed by atoms with Gasteiger partial charge in [-0.1, -0.05) is 17.7 Å². The van der Waals surface area contributed by atoms with Crippen LogP contribution in [0.3, 0.4) is 0 Å². The SMILES string of the molecule is CN(C)[C@@H]1C(=O)C(C(N)=O)C(=O)[C@@]2(O)C(=O)C3C(=O)c4c(O)ccc(/C=C(\Cl)CO)c4C[C@H]3C[C@@H]12. The summed E-state index contributed by atoms with van der Waals surface area (Å²) in [6.45, 7) is -0.444. The van der Waals surface area contributed by atoms with Gasteiger partial charge in [0.05, 0.1) is 24.1 Å². The summed E-state index contributed by atoms with van der Waals surface area (Å²) in [6, 6.07) is 1.61. The molecule has 10 nitrogen and oxygen atoms in total. The molecule has 4 rings (SSSR count). The number of halogens is 1. The van der Waals surface area contributed by atoms with Gasteiger partial charge in [0.2, 0.25) is 5.91 Å². The third-order valence-corrected chi connectivity index (χ3v) is 7.67. The summed E-state index contributed by atoms with van der Waals surface area (Å²) in [4.78, 5) is 66.9. The third kappa shape index (κ3) is 3.55. The van der Waals surface area contributed by atoms with E-state index in [0.717, 1.165) is 0 Å². The highest BCUT2D eigenvalue weighted by molar-refractivity contribution is 6.33. The van der Waals surface area contributed by atoms with Crippen LogP contribution in [0.4, 0.5) is 0 Å². The van der Waals surface area contributed by atoms with E-state index < -0.39 is 71.0 Å². The van der Waals surface area contributed by atoms with Gasteiger partial charge in [-0.15, -0.1) is 0 Å². The Hall–Kier alpha value is -2.92. The summed E-state index contributed by atoms with van der Waals surface area (Å²) in [5.74, 6) is -11.0. The molecule has 6 atom stereocenters.